The van der Waals surface area contributed by atoms with Crippen LogP contribution in [0.5, 0.6) is 0 Å². The summed E-state index contributed by atoms with van der Waals surface area (Å²) in [5, 5.41) is 14.4. The molecule has 2 N–H and O–H groups in total. The second kappa shape index (κ2) is 13.1. The molecular weight excluding hydrogens is 534 g/mol. The summed E-state index contributed by atoms with van der Waals surface area (Å²) in [5.41, 5.74) is 1.45. The van der Waals surface area contributed by atoms with Crippen molar-refractivity contribution < 1.29 is 33.0 Å². The summed E-state index contributed by atoms with van der Waals surface area (Å²) >= 11 is 0. The van der Waals surface area contributed by atoms with E-state index in [1.54, 1.807) is 25.3 Å². The number of carbonyl (C=O) groups is 2. The molecule has 11 heteroatoms. The Hall–Kier alpha value is -3.99. The fourth-order valence-corrected chi connectivity index (χ4v) is 5.05. The van der Waals surface area contributed by atoms with Crippen LogP contribution in [0.3, 0.4) is 0 Å². The van der Waals surface area contributed by atoms with Gasteiger partial charge in [0.05, 0.1) is 17.3 Å². The fourth-order valence-electron chi connectivity index (χ4n) is 5.05. The maximum Gasteiger partial charge on any atom is 0.309 e. The number of nitrogens with zero attached hydrogens (tertiary/aromatic N) is 3. The minimum absolute atomic E-state index is 0.0302. The number of aromatic nitrogens is 3. The second-order valence-corrected chi connectivity index (χ2v) is 10.5. The van der Waals surface area contributed by atoms with Crippen molar-refractivity contribution in [1.29, 1.82) is 0 Å². The first kappa shape index (κ1) is 30.0. The lowest BCUT2D eigenvalue weighted by molar-refractivity contribution is -0.156. The Kier molecular flexibility index (Phi) is 9.59. The molecule has 9 nitrogen and oxygen atoms in total. The minimum atomic E-state index is -2.60. The van der Waals surface area contributed by atoms with Crippen LogP contribution in [0.1, 0.15) is 62.8 Å². The largest absolute Gasteiger partial charge is 0.462 e. The molecule has 0 amide bonds. The lowest BCUT2D eigenvalue weighted by atomic mass is 9.73. The van der Waals surface area contributed by atoms with E-state index in [1.165, 1.54) is 25.3 Å². The third-order valence-electron chi connectivity index (χ3n) is 7.33. The van der Waals surface area contributed by atoms with E-state index in [4.69, 9.17) is 9.47 Å². The number of pyridine rings is 3. The van der Waals surface area contributed by atoms with Gasteiger partial charge in [-0.3, -0.25) is 14.6 Å². The van der Waals surface area contributed by atoms with Crippen molar-refractivity contribution >= 4 is 23.6 Å². The molecule has 3 heterocycles. The number of nitrogens with one attached hydrogen (secondary N) is 1. The number of ether oxygens (including phenoxy) is 2. The highest BCUT2D eigenvalue weighted by atomic mass is 19.3. The summed E-state index contributed by atoms with van der Waals surface area (Å²) in [6, 6.07) is 9.84. The number of anilines is 2. The summed E-state index contributed by atoms with van der Waals surface area (Å²) < 4.78 is 36.1. The third kappa shape index (κ3) is 7.81. The Bertz CT molecular complexity index is 1360. The predicted octanol–water partition coefficient (Wildman–Crippen LogP) is 5.65. The summed E-state index contributed by atoms with van der Waals surface area (Å²) in [6.07, 6.45) is 2.81. The van der Waals surface area contributed by atoms with Crippen LogP contribution in [-0.2, 0) is 24.7 Å². The average molecular weight is 569 g/mol. The molecule has 1 atom stereocenters. The van der Waals surface area contributed by atoms with E-state index in [0.717, 1.165) is 11.1 Å². The van der Waals surface area contributed by atoms with Gasteiger partial charge in [-0.1, -0.05) is 0 Å². The highest BCUT2D eigenvalue weighted by molar-refractivity contribution is 5.72. The van der Waals surface area contributed by atoms with Gasteiger partial charge in [-0.05, 0) is 87.4 Å². The molecule has 1 aliphatic carbocycles. The molecular formula is C30H34F2N4O5. The van der Waals surface area contributed by atoms with Crippen LogP contribution in [0.25, 0.3) is 11.3 Å². The first-order valence-electron chi connectivity index (χ1n) is 13.5. The highest BCUT2D eigenvalue weighted by Crippen LogP contribution is 2.41. The van der Waals surface area contributed by atoms with Crippen molar-refractivity contribution in [1.82, 2.24) is 15.0 Å². The zero-order valence-corrected chi connectivity index (χ0v) is 23.3. The Morgan fingerprint density at radius 2 is 1.78 bits per heavy atom. The van der Waals surface area contributed by atoms with Crippen LogP contribution >= 0.6 is 0 Å². The van der Waals surface area contributed by atoms with E-state index in [2.05, 4.69) is 20.3 Å². The molecule has 0 aliphatic heterocycles. The van der Waals surface area contributed by atoms with Crippen LogP contribution in [0.15, 0.2) is 48.8 Å². The quantitative estimate of drug-likeness (QED) is 0.236. The topological polar surface area (TPSA) is 124 Å². The van der Waals surface area contributed by atoms with E-state index in [-0.39, 0.29) is 42.4 Å². The minimum Gasteiger partial charge on any atom is -0.462 e. The van der Waals surface area contributed by atoms with Gasteiger partial charge >= 0.3 is 11.9 Å². The van der Waals surface area contributed by atoms with E-state index in [9.17, 15) is 23.5 Å². The van der Waals surface area contributed by atoms with Gasteiger partial charge in [-0.2, -0.15) is 0 Å². The highest BCUT2D eigenvalue weighted by Gasteiger charge is 2.39. The Labute approximate surface area is 237 Å². The van der Waals surface area contributed by atoms with Crippen LogP contribution < -0.4 is 5.32 Å². The van der Waals surface area contributed by atoms with E-state index >= 15 is 0 Å². The van der Waals surface area contributed by atoms with Crippen molar-refractivity contribution in [3.63, 3.8) is 0 Å². The maximum absolute atomic E-state index is 13.1. The van der Waals surface area contributed by atoms with E-state index in [0.29, 0.717) is 42.9 Å². The zero-order chi connectivity index (χ0) is 29.6. The first-order valence-corrected chi connectivity index (χ1v) is 13.5. The number of aliphatic hydroxyl groups is 1. The summed E-state index contributed by atoms with van der Waals surface area (Å²) in [6.45, 7) is 5.01. The van der Waals surface area contributed by atoms with Crippen LogP contribution in [-0.4, -0.2) is 45.2 Å². The molecule has 0 bridgehead atoms. The molecule has 0 aromatic carbocycles. The van der Waals surface area contributed by atoms with Gasteiger partial charge in [0.2, 0.25) is 0 Å². The first-order chi connectivity index (χ1) is 19.5. The Morgan fingerprint density at radius 3 is 2.44 bits per heavy atom. The molecule has 41 heavy (non-hydrogen) atoms. The average Bonchev–Trinajstić information content (AvgIpc) is 2.95. The summed E-state index contributed by atoms with van der Waals surface area (Å²) in [4.78, 5) is 36.4. The molecule has 4 rings (SSSR count). The van der Waals surface area contributed by atoms with Gasteiger partial charge in [0.25, 0.3) is 6.43 Å². The summed E-state index contributed by atoms with van der Waals surface area (Å²) in [5.74, 6) is -0.350. The molecule has 3 aromatic rings. The van der Waals surface area contributed by atoms with Gasteiger partial charge in [0.15, 0.2) is 0 Å². The SMILES string of the molecule is CC(=O)OCCOC(=O)[C@H]1CC[C@H](C(C)(O)c2ccc(-c3cc(C)cc(Nc4cc(C(F)F)ccn4)n3)cn2)CC1. The van der Waals surface area contributed by atoms with Crippen molar-refractivity contribution in [2.75, 3.05) is 18.5 Å². The standard InChI is InChI=1S/C30H34F2N4O5/c1-18-14-24(35-27(15-18)36-26-16-21(28(31)32)10-11-33-26)22-6-9-25(34-17-22)30(3,39)23-7-4-20(5-8-23)29(38)41-13-12-40-19(2)37/h6,9-11,14-17,20,23,28,39H,4-5,7-8,12-13H2,1-3H3,(H,33,35,36)/t20-,23-,30?. The number of esters is 2. The Balaban J connectivity index is 1.39. The third-order valence-corrected chi connectivity index (χ3v) is 7.33. The molecule has 1 aliphatic rings. The molecule has 1 fully saturated rings. The Morgan fingerprint density at radius 1 is 1.05 bits per heavy atom. The van der Waals surface area contributed by atoms with Gasteiger partial charge in [-0.25, -0.2) is 18.7 Å². The lowest BCUT2D eigenvalue weighted by Crippen LogP contribution is -2.37. The second-order valence-electron chi connectivity index (χ2n) is 10.5. The number of alkyl halides is 2. The van der Waals surface area contributed by atoms with E-state index in [1.807, 2.05) is 19.1 Å². The van der Waals surface area contributed by atoms with Gasteiger partial charge in [0.1, 0.15) is 30.5 Å². The van der Waals surface area contributed by atoms with Crippen LogP contribution in [0.4, 0.5) is 20.4 Å². The van der Waals surface area contributed by atoms with Gasteiger partial charge < -0.3 is 19.9 Å². The molecule has 0 spiro atoms. The molecule has 3 aromatic heterocycles. The van der Waals surface area contributed by atoms with Crippen molar-refractivity contribution in [3.05, 3.63) is 65.6 Å². The predicted molar refractivity (Wildman–Crippen MR) is 147 cm³/mol. The smallest absolute Gasteiger partial charge is 0.309 e. The van der Waals surface area contributed by atoms with Crippen LogP contribution in [0.2, 0.25) is 0 Å². The number of hydrogen-bond donors (Lipinski definition) is 2. The summed E-state index contributed by atoms with van der Waals surface area (Å²) in [7, 11) is 0. The fraction of sp³-hybridized carbons (Fsp3) is 0.433. The monoisotopic (exact) mass is 568 g/mol. The molecule has 0 saturated heterocycles. The number of rotatable bonds is 10. The van der Waals surface area contributed by atoms with Crippen molar-refractivity contribution in [2.24, 2.45) is 11.8 Å². The number of hydrogen-bond acceptors (Lipinski definition) is 9. The van der Waals surface area contributed by atoms with Crippen LogP contribution in [0, 0.1) is 18.8 Å². The van der Waals surface area contributed by atoms with Crippen molar-refractivity contribution in [3.8, 4) is 11.3 Å². The lowest BCUT2D eigenvalue weighted by Gasteiger charge is -2.37. The molecule has 1 unspecified atom stereocenters. The molecule has 0 radical (unpaired) electrons. The van der Waals surface area contributed by atoms with Crippen molar-refractivity contribution in [2.45, 2.75) is 58.5 Å². The molecule has 218 valence electrons. The van der Waals surface area contributed by atoms with Gasteiger partial charge in [-0.15, -0.1) is 0 Å². The molecule has 1 saturated carbocycles. The van der Waals surface area contributed by atoms with E-state index < -0.39 is 18.0 Å². The number of carbonyl (C=O) groups excluding carboxylic acids is 2. The van der Waals surface area contributed by atoms with Gasteiger partial charge in [0, 0.05) is 30.4 Å². The zero-order valence-electron chi connectivity index (χ0n) is 23.3. The number of aryl methyl sites for hydroxylation is 1. The maximum atomic E-state index is 13.1. The normalized spacial score (nSPS) is 18.4. The number of halogens is 2.